The Balaban J connectivity index is 2.64. The predicted molar refractivity (Wildman–Crippen MR) is 78.7 cm³/mol. The molecule has 0 aliphatic carbocycles. The van der Waals surface area contributed by atoms with E-state index in [2.05, 4.69) is 0 Å². The van der Waals surface area contributed by atoms with Crippen molar-refractivity contribution in [2.75, 3.05) is 20.8 Å². The summed E-state index contributed by atoms with van der Waals surface area (Å²) in [4.78, 5) is 11.4. The number of ether oxygens (including phenoxy) is 2. The lowest BCUT2D eigenvalue weighted by Crippen LogP contribution is -2.50. The number of benzene rings is 1. The summed E-state index contributed by atoms with van der Waals surface area (Å²) in [5.74, 6) is -0.916. The zero-order chi connectivity index (χ0) is 16.5. The van der Waals surface area contributed by atoms with Crippen LogP contribution >= 0.6 is 0 Å². The minimum atomic E-state index is -4.07. The highest BCUT2D eigenvalue weighted by Crippen LogP contribution is 2.41. The summed E-state index contributed by atoms with van der Waals surface area (Å²) < 4.78 is 37.3. The zero-order valence-electron chi connectivity index (χ0n) is 12.7. The molecule has 0 saturated carbocycles. The summed E-state index contributed by atoms with van der Waals surface area (Å²) >= 11 is 0. The van der Waals surface area contributed by atoms with E-state index in [1.54, 1.807) is 6.07 Å². The Morgan fingerprint density at radius 3 is 2.27 bits per heavy atom. The van der Waals surface area contributed by atoms with Crippen LogP contribution in [0.15, 0.2) is 23.1 Å². The molecule has 0 spiro atoms. The maximum Gasteiger partial charge on any atom is 0.324 e. The highest BCUT2D eigenvalue weighted by molar-refractivity contribution is 7.89. The van der Waals surface area contributed by atoms with Crippen molar-refractivity contribution in [2.24, 2.45) is 0 Å². The van der Waals surface area contributed by atoms with E-state index in [1.807, 2.05) is 0 Å². The van der Waals surface area contributed by atoms with E-state index < -0.39 is 21.5 Å². The molecule has 1 aromatic rings. The van der Waals surface area contributed by atoms with E-state index in [1.165, 1.54) is 33.3 Å². The van der Waals surface area contributed by atoms with E-state index in [0.29, 0.717) is 6.42 Å². The van der Waals surface area contributed by atoms with E-state index in [9.17, 15) is 18.3 Å². The van der Waals surface area contributed by atoms with Crippen LogP contribution in [-0.4, -0.2) is 50.1 Å². The van der Waals surface area contributed by atoms with Crippen LogP contribution in [0, 0.1) is 0 Å². The number of sulfonamides is 1. The van der Waals surface area contributed by atoms with Crippen molar-refractivity contribution in [3.05, 3.63) is 18.2 Å². The molecule has 0 aromatic heterocycles. The fraction of sp³-hybridized carbons (Fsp3) is 0.500. The number of hydrogen-bond acceptors (Lipinski definition) is 5. The van der Waals surface area contributed by atoms with Gasteiger partial charge in [0.25, 0.3) is 10.0 Å². The summed E-state index contributed by atoms with van der Waals surface area (Å²) in [5, 5.41) is 9.44. The summed E-state index contributed by atoms with van der Waals surface area (Å²) in [6.07, 6.45) is 0.749. The molecule has 122 valence electrons. The second-order valence-electron chi connectivity index (χ2n) is 5.25. The van der Waals surface area contributed by atoms with Gasteiger partial charge in [0.15, 0.2) is 4.90 Å². The quantitative estimate of drug-likeness (QED) is 0.876. The number of hydrogen-bond donors (Lipinski definition) is 1. The van der Waals surface area contributed by atoms with Crippen molar-refractivity contribution in [1.82, 2.24) is 4.31 Å². The van der Waals surface area contributed by atoms with Crippen LogP contribution in [0.4, 0.5) is 0 Å². The molecule has 0 amide bonds. The van der Waals surface area contributed by atoms with Crippen LogP contribution in [0.2, 0.25) is 0 Å². The standard InChI is InChI=1S/C14H19NO6S/c1-14(13(16)17)8-5-9-15(14)22(18,19)12-10(20-2)6-4-7-11(12)21-3/h4,6-7H,5,8-9H2,1-3H3,(H,16,17)/t14-/m0/s1. The van der Waals surface area contributed by atoms with E-state index in [4.69, 9.17) is 9.47 Å². The van der Waals surface area contributed by atoms with E-state index in [0.717, 1.165) is 4.31 Å². The first-order valence-corrected chi connectivity index (χ1v) is 8.20. The molecule has 1 fully saturated rings. The molecule has 1 saturated heterocycles. The second-order valence-corrected chi connectivity index (χ2v) is 7.05. The van der Waals surface area contributed by atoms with Gasteiger partial charge in [-0.3, -0.25) is 4.79 Å². The van der Waals surface area contributed by atoms with Gasteiger partial charge in [-0.25, -0.2) is 8.42 Å². The Kier molecular flexibility index (Phi) is 4.35. The zero-order valence-corrected chi connectivity index (χ0v) is 13.5. The molecule has 7 nitrogen and oxygen atoms in total. The smallest absolute Gasteiger partial charge is 0.324 e. The molecule has 8 heteroatoms. The van der Waals surface area contributed by atoms with Gasteiger partial charge in [0.2, 0.25) is 0 Å². The molecular formula is C14H19NO6S. The molecule has 1 heterocycles. The minimum absolute atomic E-state index is 0.124. The molecular weight excluding hydrogens is 310 g/mol. The Morgan fingerprint density at radius 2 is 1.82 bits per heavy atom. The molecule has 1 aliphatic rings. The molecule has 0 unspecified atom stereocenters. The van der Waals surface area contributed by atoms with Crippen LogP contribution in [-0.2, 0) is 14.8 Å². The summed E-state index contributed by atoms with van der Waals surface area (Å²) in [7, 11) is -1.36. The highest BCUT2D eigenvalue weighted by atomic mass is 32.2. The second kappa shape index (κ2) is 5.77. The van der Waals surface area contributed by atoms with E-state index >= 15 is 0 Å². The van der Waals surface area contributed by atoms with Crippen molar-refractivity contribution in [1.29, 1.82) is 0 Å². The lowest BCUT2D eigenvalue weighted by molar-refractivity contribution is -0.146. The number of carboxylic acid groups (broad SMARTS) is 1. The van der Waals surface area contributed by atoms with E-state index in [-0.39, 0.29) is 29.4 Å². The first-order valence-electron chi connectivity index (χ1n) is 6.76. The van der Waals surface area contributed by atoms with Crippen molar-refractivity contribution in [3.8, 4) is 11.5 Å². The van der Waals surface area contributed by atoms with Gasteiger partial charge < -0.3 is 14.6 Å². The van der Waals surface area contributed by atoms with Crippen LogP contribution in [0.25, 0.3) is 0 Å². The lowest BCUT2D eigenvalue weighted by Gasteiger charge is -2.31. The van der Waals surface area contributed by atoms with Gasteiger partial charge in [-0.1, -0.05) is 6.07 Å². The summed E-state index contributed by atoms with van der Waals surface area (Å²) in [6.45, 7) is 1.56. The van der Waals surface area contributed by atoms with Crippen LogP contribution < -0.4 is 9.47 Å². The van der Waals surface area contributed by atoms with Gasteiger partial charge in [0, 0.05) is 6.54 Å². The molecule has 1 N–H and O–H groups in total. The largest absolute Gasteiger partial charge is 0.495 e. The lowest BCUT2D eigenvalue weighted by atomic mass is 10.0. The van der Waals surface area contributed by atoms with Crippen molar-refractivity contribution in [2.45, 2.75) is 30.2 Å². The molecule has 1 aliphatic heterocycles. The number of nitrogens with zero attached hydrogens (tertiary/aromatic N) is 1. The van der Waals surface area contributed by atoms with Crippen molar-refractivity contribution in [3.63, 3.8) is 0 Å². The highest BCUT2D eigenvalue weighted by Gasteiger charge is 2.51. The molecule has 22 heavy (non-hydrogen) atoms. The normalized spacial score (nSPS) is 22.5. The Morgan fingerprint density at radius 1 is 1.27 bits per heavy atom. The van der Waals surface area contributed by atoms with Crippen LogP contribution in [0.3, 0.4) is 0 Å². The first-order chi connectivity index (χ1) is 10.3. The van der Waals surface area contributed by atoms with Crippen LogP contribution in [0.1, 0.15) is 19.8 Å². The van der Waals surface area contributed by atoms with Gasteiger partial charge in [0.1, 0.15) is 17.0 Å². The monoisotopic (exact) mass is 329 g/mol. The fourth-order valence-electron chi connectivity index (χ4n) is 2.72. The third-order valence-corrected chi connectivity index (χ3v) is 6.05. The molecule has 0 bridgehead atoms. The van der Waals surface area contributed by atoms with Gasteiger partial charge in [-0.2, -0.15) is 4.31 Å². The SMILES string of the molecule is COc1cccc(OC)c1S(=O)(=O)N1CCC[C@@]1(C)C(=O)O. The molecule has 0 radical (unpaired) electrons. The van der Waals surface area contributed by atoms with Gasteiger partial charge in [0.05, 0.1) is 14.2 Å². The minimum Gasteiger partial charge on any atom is -0.495 e. The number of aliphatic carboxylic acids is 1. The Hall–Kier alpha value is -1.80. The number of carbonyl (C=O) groups is 1. The average molecular weight is 329 g/mol. The Bertz CT molecular complexity index is 664. The molecule has 1 aromatic carbocycles. The number of carboxylic acids is 1. The molecule has 1 atom stereocenters. The van der Waals surface area contributed by atoms with Crippen molar-refractivity contribution >= 4 is 16.0 Å². The molecule has 2 rings (SSSR count). The third-order valence-electron chi connectivity index (χ3n) is 3.97. The maximum atomic E-state index is 13.0. The number of methoxy groups -OCH3 is 2. The summed E-state index contributed by atoms with van der Waals surface area (Å²) in [5.41, 5.74) is -1.47. The van der Waals surface area contributed by atoms with Gasteiger partial charge in [-0.15, -0.1) is 0 Å². The predicted octanol–water partition coefficient (Wildman–Crippen LogP) is 1.33. The topological polar surface area (TPSA) is 93.1 Å². The van der Waals surface area contributed by atoms with Crippen LogP contribution in [0.5, 0.6) is 11.5 Å². The first kappa shape index (κ1) is 16.6. The average Bonchev–Trinajstić information content (AvgIpc) is 2.90. The van der Waals surface area contributed by atoms with Crippen molar-refractivity contribution < 1.29 is 27.8 Å². The number of rotatable bonds is 5. The fourth-order valence-corrected chi connectivity index (χ4v) is 4.82. The van der Waals surface area contributed by atoms with Gasteiger partial charge in [-0.05, 0) is 31.9 Å². The summed E-state index contributed by atoms with van der Waals surface area (Å²) in [6, 6.07) is 4.62. The third kappa shape index (κ3) is 2.42. The Labute approximate surface area is 129 Å². The van der Waals surface area contributed by atoms with Gasteiger partial charge >= 0.3 is 5.97 Å². The maximum absolute atomic E-state index is 13.0.